The third kappa shape index (κ3) is 3.99. The summed E-state index contributed by atoms with van der Waals surface area (Å²) in [6.07, 6.45) is 1.54. The van der Waals surface area contributed by atoms with Crippen molar-refractivity contribution >= 4 is 46.4 Å². The number of hydrogen-bond donors (Lipinski definition) is 1. The summed E-state index contributed by atoms with van der Waals surface area (Å²) in [6.45, 7) is 0.0805. The van der Waals surface area contributed by atoms with E-state index in [1.807, 2.05) is 0 Å². The number of halogens is 4. The highest BCUT2D eigenvalue weighted by atomic mass is 35.5. The van der Waals surface area contributed by atoms with Crippen molar-refractivity contribution in [2.45, 2.75) is 6.61 Å². The molecule has 0 aliphatic rings. The van der Waals surface area contributed by atoms with E-state index in [2.05, 4.69) is 10.1 Å². The highest BCUT2D eigenvalue weighted by molar-refractivity contribution is 6.37. The number of ether oxygens (including phenoxy) is 1. The molecule has 0 saturated heterocycles. The number of hydrogen-bond acceptors (Lipinski definition) is 5. The van der Waals surface area contributed by atoms with Crippen LogP contribution in [0.1, 0.15) is 5.56 Å². The SMILES string of the molecule is Cn1nc(Cl)c(O)c(-c2c(Cl)ccc(Cl)c2OCc2ccc(Cl)nc2)c1=O. The minimum Gasteiger partial charge on any atom is -0.504 e. The summed E-state index contributed by atoms with van der Waals surface area (Å²) in [7, 11) is 1.40. The van der Waals surface area contributed by atoms with Crippen molar-refractivity contribution in [3.05, 3.63) is 66.7 Å². The zero-order valence-electron chi connectivity index (χ0n) is 13.7. The van der Waals surface area contributed by atoms with Crippen LogP contribution in [0.4, 0.5) is 0 Å². The summed E-state index contributed by atoms with van der Waals surface area (Å²) in [5.74, 6) is -0.393. The summed E-state index contributed by atoms with van der Waals surface area (Å²) in [6, 6.07) is 6.36. The molecule has 0 saturated carbocycles. The molecule has 0 spiro atoms. The van der Waals surface area contributed by atoms with Gasteiger partial charge in [-0.1, -0.05) is 52.5 Å². The summed E-state index contributed by atoms with van der Waals surface area (Å²) in [4.78, 5) is 16.5. The summed E-state index contributed by atoms with van der Waals surface area (Å²) >= 11 is 24.2. The van der Waals surface area contributed by atoms with Gasteiger partial charge in [-0.2, -0.15) is 5.10 Å². The molecule has 0 aliphatic heterocycles. The van der Waals surface area contributed by atoms with E-state index in [9.17, 15) is 9.90 Å². The third-order valence-corrected chi connectivity index (χ3v) is 4.75. The molecule has 0 bridgehead atoms. The molecule has 27 heavy (non-hydrogen) atoms. The quantitative estimate of drug-likeness (QED) is 0.585. The number of rotatable bonds is 4. The molecule has 2 heterocycles. The minimum absolute atomic E-state index is 0.0805. The van der Waals surface area contributed by atoms with Gasteiger partial charge in [-0.25, -0.2) is 9.67 Å². The maximum Gasteiger partial charge on any atom is 0.278 e. The van der Waals surface area contributed by atoms with E-state index in [-0.39, 0.29) is 38.7 Å². The second kappa shape index (κ2) is 7.94. The van der Waals surface area contributed by atoms with Crippen LogP contribution >= 0.6 is 46.4 Å². The van der Waals surface area contributed by atoms with Gasteiger partial charge in [0.05, 0.1) is 21.2 Å². The zero-order valence-corrected chi connectivity index (χ0v) is 16.7. The van der Waals surface area contributed by atoms with Gasteiger partial charge in [0.2, 0.25) is 0 Å². The molecule has 0 radical (unpaired) electrons. The van der Waals surface area contributed by atoms with Gasteiger partial charge in [0, 0.05) is 18.8 Å². The Hall–Kier alpha value is -1.99. The predicted octanol–water partition coefficient (Wildman–Crippen LogP) is 4.74. The van der Waals surface area contributed by atoms with Gasteiger partial charge >= 0.3 is 0 Å². The lowest BCUT2D eigenvalue weighted by Gasteiger charge is -2.16. The van der Waals surface area contributed by atoms with E-state index >= 15 is 0 Å². The average molecular weight is 447 g/mol. The molecule has 0 amide bonds. The fourth-order valence-electron chi connectivity index (χ4n) is 2.37. The van der Waals surface area contributed by atoms with E-state index in [0.29, 0.717) is 10.7 Å². The van der Waals surface area contributed by atoms with E-state index in [1.165, 1.54) is 19.2 Å². The van der Waals surface area contributed by atoms with Crippen LogP contribution in [-0.4, -0.2) is 19.9 Å². The first kappa shape index (κ1) is 19.8. The zero-order chi connectivity index (χ0) is 19.7. The van der Waals surface area contributed by atoms with Gasteiger partial charge < -0.3 is 9.84 Å². The number of benzene rings is 1. The van der Waals surface area contributed by atoms with Crippen molar-refractivity contribution in [2.24, 2.45) is 7.05 Å². The lowest BCUT2D eigenvalue weighted by atomic mass is 10.1. The van der Waals surface area contributed by atoms with Crippen LogP contribution in [0.15, 0.2) is 35.3 Å². The Morgan fingerprint density at radius 3 is 2.44 bits per heavy atom. The molecule has 1 N–H and O–H groups in total. The van der Waals surface area contributed by atoms with Crippen LogP contribution in [0.25, 0.3) is 11.1 Å². The van der Waals surface area contributed by atoms with Crippen molar-refractivity contribution in [2.75, 3.05) is 0 Å². The maximum atomic E-state index is 12.6. The highest BCUT2D eigenvalue weighted by Gasteiger charge is 2.24. The highest BCUT2D eigenvalue weighted by Crippen LogP contribution is 2.44. The van der Waals surface area contributed by atoms with Crippen molar-refractivity contribution < 1.29 is 9.84 Å². The Labute approximate surface area is 173 Å². The molecule has 3 rings (SSSR count). The van der Waals surface area contributed by atoms with Gasteiger partial charge in [0.1, 0.15) is 17.5 Å². The van der Waals surface area contributed by atoms with Crippen LogP contribution < -0.4 is 10.3 Å². The van der Waals surface area contributed by atoms with Crippen molar-refractivity contribution in [3.63, 3.8) is 0 Å². The van der Waals surface area contributed by atoms with E-state index < -0.39 is 11.3 Å². The maximum absolute atomic E-state index is 12.6. The number of aryl methyl sites for hydroxylation is 1. The fraction of sp³-hybridized carbons (Fsp3) is 0.118. The molecule has 10 heteroatoms. The number of pyridine rings is 1. The molecular weight excluding hydrogens is 436 g/mol. The normalized spacial score (nSPS) is 10.9. The average Bonchev–Trinajstić information content (AvgIpc) is 2.63. The summed E-state index contributed by atoms with van der Waals surface area (Å²) in [5, 5.41) is 14.5. The minimum atomic E-state index is -0.612. The molecule has 1 aromatic carbocycles. The first-order chi connectivity index (χ1) is 12.8. The number of aromatic nitrogens is 3. The first-order valence-corrected chi connectivity index (χ1v) is 8.98. The molecule has 3 aromatic rings. The topological polar surface area (TPSA) is 77.2 Å². The van der Waals surface area contributed by atoms with Gasteiger partial charge in [-0.15, -0.1) is 0 Å². The molecule has 2 aromatic heterocycles. The Kier molecular flexibility index (Phi) is 5.81. The Bertz CT molecular complexity index is 1070. The standard InChI is InChI=1S/C17H11Cl4N3O3/c1-24-17(26)13(14(25)16(21)23-24)12-9(18)3-4-10(19)15(12)27-7-8-2-5-11(20)22-6-8/h2-6,25H,7H2,1H3. The molecule has 0 unspecified atom stereocenters. The smallest absolute Gasteiger partial charge is 0.278 e. The van der Waals surface area contributed by atoms with E-state index in [0.717, 1.165) is 4.68 Å². The Morgan fingerprint density at radius 2 is 1.78 bits per heavy atom. The monoisotopic (exact) mass is 445 g/mol. The molecule has 140 valence electrons. The molecular formula is C17H11Cl4N3O3. The number of aromatic hydroxyl groups is 1. The van der Waals surface area contributed by atoms with Crippen LogP contribution in [0.5, 0.6) is 11.5 Å². The first-order valence-electron chi connectivity index (χ1n) is 7.47. The van der Waals surface area contributed by atoms with Crippen LogP contribution in [0.3, 0.4) is 0 Å². The lowest BCUT2D eigenvalue weighted by Crippen LogP contribution is -2.22. The largest absolute Gasteiger partial charge is 0.504 e. The Morgan fingerprint density at radius 1 is 1.07 bits per heavy atom. The number of nitrogens with zero attached hydrogens (tertiary/aromatic N) is 3. The van der Waals surface area contributed by atoms with Crippen LogP contribution in [0, 0.1) is 0 Å². The third-order valence-electron chi connectivity index (χ3n) is 3.66. The van der Waals surface area contributed by atoms with Gasteiger partial charge in [-0.05, 0) is 18.2 Å². The van der Waals surface area contributed by atoms with Crippen molar-refractivity contribution in [1.29, 1.82) is 0 Å². The van der Waals surface area contributed by atoms with Crippen LogP contribution in [-0.2, 0) is 13.7 Å². The molecule has 6 nitrogen and oxygen atoms in total. The summed E-state index contributed by atoms with van der Waals surface area (Å²) < 4.78 is 6.78. The predicted molar refractivity (Wildman–Crippen MR) is 105 cm³/mol. The molecule has 0 fully saturated rings. The van der Waals surface area contributed by atoms with Gasteiger partial charge in [0.25, 0.3) is 5.56 Å². The van der Waals surface area contributed by atoms with E-state index in [4.69, 9.17) is 51.1 Å². The summed E-state index contributed by atoms with van der Waals surface area (Å²) in [5.41, 5.74) is 0.0630. The Balaban J connectivity index is 2.13. The van der Waals surface area contributed by atoms with Crippen molar-refractivity contribution in [3.8, 4) is 22.6 Å². The lowest BCUT2D eigenvalue weighted by molar-refractivity contribution is 0.307. The van der Waals surface area contributed by atoms with Crippen molar-refractivity contribution in [1.82, 2.24) is 14.8 Å². The molecule has 0 aliphatic carbocycles. The second-order valence-corrected chi connectivity index (χ2v) is 7.01. The van der Waals surface area contributed by atoms with Gasteiger partial charge in [0.15, 0.2) is 10.9 Å². The molecule has 0 atom stereocenters. The van der Waals surface area contributed by atoms with E-state index in [1.54, 1.807) is 18.3 Å². The fourth-order valence-corrected chi connectivity index (χ4v) is 3.15. The van der Waals surface area contributed by atoms with Crippen LogP contribution in [0.2, 0.25) is 20.4 Å². The second-order valence-electron chi connectivity index (χ2n) is 5.45. The van der Waals surface area contributed by atoms with Gasteiger partial charge in [-0.3, -0.25) is 4.79 Å².